The Morgan fingerprint density at radius 3 is 2.83 bits per heavy atom. The summed E-state index contributed by atoms with van der Waals surface area (Å²) in [6.45, 7) is 2.92. The summed E-state index contributed by atoms with van der Waals surface area (Å²) in [6.07, 6.45) is 7.19. The minimum absolute atomic E-state index is 0.0310. The predicted octanol–water partition coefficient (Wildman–Crippen LogP) is 1.47. The number of carbonyl (C=O) groups is 2. The summed E-state index contributed by atoms with van der Waals surface area (Å²) >= 11 is 1.06. The first-order chi connectivity index (χ1) is 11.7. The van der Waals surface area contributed by atoms with Gasteiger partial charge in [0.05, 0.1) is 24.0 Å². The summed E-state index contributed by atoms with van der Waals surface area (Å²) in [7, 11) is 0. The standard InChI is InChI=1S/C16H24N4O3S/c21-15(17-10-13-2-1-9-23-13)4-3-12-5-7-20(8-6-12)16(22)14-11-18-24-19-14/h11-13H,1-10H2,(H,17,21). The molecule has 0 spiro atoms. The van der Waals surface area contributed by atoms with Gasteiger partial charge in [0.15, 0.2) is 5.69 Å². The van der Waals surface area contributed by atoms with Crippen LogP contribution in [0, 0.1) is 5.92 Å². The van der Waals surface area contributed by atoms with Gasteiger partial charge in [0.2, 0.25) is 5.91 Å². The van der Waals surface area contributed by atoms with E-state index in [4.69, 9.17) is 4.74 Å². The molecule has 0 bridgehead atoms. The Hall–Kier alpha value is -1.54. The summed E-state index contributed by atoms with van der Waals surface area (Å²) in [5, 5.41) is 2.97. The maximum Gasteiger partial charge on any atom is 0.275 e. The third-order valence-electron chi connectivity index (χ3n) is 4.81. The molecule has 132 valence electrons. The molecule has 2 aliphatic heterocycles. The molecule has 0 saturated carbocycles. The molecule has 1 aromatic heterocycles. The number of amides is 2. The second kappa shape index (κ2) is 8.53. The van der Waals surface area contributed by atoms with E-state index in [2.05, 4.69) is 14.1 Å². The number of aromatic nitrogens is 2. The highest BCUT2D eigenvalue weighted by atomic mass is 32.1. The maximum atomic E-state index is 12.2. The Balaban J connectivity index is 1.32. The Morgan fingerprint density at radius 1 is 1.33 bits per heavy atom. The molecule has 0 aromatic carbocycles. The first-order valence-electron chi connectivity index (χ1n) is 8.67. The van der Waals surface area contributed by atoms with Crippen LogP contribution in [0.2, 0.25) is 0 Å². The third kappa shape index (κ3) is 4.73. The topological polar surface area (TPSA) is 84.4 Å². The van der Waals surface area contributed by atoms with Gasteiger partial charge < -0.3 is 15.0 Å². The van der Waals surface area contributed by atoms with Crippen molar-refractivity contribution in [3.8, 4) is 0 Å². The van der Waals surface area contributed by atoms with Crippen molar-refractivity contribution in [2.75, 3.05) is 26.2 Å². The summed E-state index contributed by atoms with van der Waals surface area (Å²) in [5.41, 5.74) is 0.437. The number of nitrogens with one attached hydrogen (secondary N) is 1. The van der Waals surface area contributed by atoms with Crippen LogP contribution in [0.4, 0.5) is 0 Å². The zero-order valence-corrected chi connectivity index (χ0v) is 14.6. The van der Waals surface area contributed by atoms with E-state index in [0.29, 0.717) is 24.6 Å². The fourth-order valence-electron chi connectivity index (χ4n) is 3.30. The fourth-order valence-corrected chi connectivity index (χ4v) is 3.71. The zero-order valence-electron chi connectivity index (χ0n) is 13.8. The molecule has 1 unspecified atom stereocenters. The molecule has 2 fully saturated rings. The molecule has 0 radical (unpaired) electrons. The molecular formula is C16H24N4O3S. The fraction of sp³-hybridized carbons (Fsp3) is 0.750. The second-order valence-electron chi connectivity index (χ2n) is 6.51. The summed E-state index contributed by atoms with van der Waals surface area (Å²) in [4.78, 5) is 26.0. The average molecular weight is 352 g/mol. The van der Waals surface area contributed by atoms with Gasteiger partial charge in [-0.3, -0.25) is 9.59 Å². The molecule has 3 rings (SSSR count). The number of likely N-dealkylation sites (tertiary alicyclic amines) is 1. The first-order valence-corrected chi connectivity index (χ1v) is 9.40. The molecule has 1 N–H and O–H groups in total. The van der Waals surface area contributed by atoms with Crippen molar-refractivity contribution < 1.29 is 14.3 Å². The lowest BCUT2D eigenvalue weighted by atomic mass is 9.92. The third-order valence-corrected chi connectivity index (χ3v) is 5.29. The van der Waals surface area contributed by atoms with Gasteiger partial charge in [-0.05, 0) is 38.0 Å². The molecule has 8 heteroatoms. The predicted molar refractivity (Wildman–Crippen MR) is 89.8 cm³/mol. The molecule has 1 atom stereocenters. The first kappa shape index (κ1) is 17.3. The smallest absolute Gasteiger partial charge is 0.275 e. The van der Waals surface area contributed by atoms with Crippen molar-refractivity contribution in [3.63, 3.8) is 0 Å². The molecular weight excluding hydrogens is 328 g/mol. The highest BCUT2D eigenvalue weighted by Crippen LogP contribution is 2.23. The highest BCUT2D eigenvalue weighted by Gasteiger charge is 2.25. The van der Waals surface area contributed by atoms with Gasteiger partial charge in [-0.25, -0.2) is 0 Å². The van der Waals surface area contributed by atoms with E-state index < -0.39 is 0 Å². The molecule has 3 heterocycles. The minimum Gasteiger partial charge on any atom is -0.376 e. The van der Waals surface area contributed by atoms with Crippen LogP contribution in [-0.2, 0) is 9.53 Å². The van der Waals surface area contributed by atoms with E-state index in [1.165, 1.54) is 6.20 Å². The van der Waals surface area contributed by atoms with E-state index in [9.17, 15) is 9.59 Å². The van der Waals surface area contributed by atoms with Gasteiger partial charge in [0.1, 0.15) is 0 Å². The largest absolute Gasteiger partial charge is 0.376 e. The molecule has 24 heavy (non-hydrogen) atoms. The zero-order chi connectivity index (χ0) is 16.8. The number of piperidine rings is 1. The van der Waals surface area contributed by atoms with Crippen molar-refractivity contribution in [2.24, 2.45) is 5.92 Å². The van der Waals surface area contributed by atoms with Crippen LogP contribution in [0.5, 0.6) is 0 Å². The Kier molecular flexibility index (Phi) is 6.14. The van der Waals surface area contributed by atoms with Crippen molar-refractivity contribution >= 4 is 23.5 Å². The lowest BCUT2D eigenvalue weighted by Gasteiger charge is -2.31. The van der Waals surface area contributed by atoms with Gasteiger partial charge in [-0.2, -0.15) is 8.75 Å². The molecule has 2 aliphatic rings. The number of ether oxygens (including phenoxy) is 1. The Morgan fingerprint density at radius 2 is 2.17 bits per heavy atom. The SMILES string of the molecule is O=C(CCC1CCN(C(=O)c2cnsn2)CC1)NCC1CCCO1. The monoisotopic (exact) mass is 352 g/mol. The lowest BCUT2D eigenvalue weighted by molar-refractivity contribution is -0.122. The van der Waals surface area contributed by atoms with Crippen LogP contribution in [0.25, 0.3) is 0 Å². The van der Waals surface area contributed by atoms with Crippen LogP contribution in [0.3, 0.4) is 0 Å². The average Bonchev–Trinajstić information content (AvgIpc) is 3.31. The van der Waals surface area contributed by atoms with Gasteiger partial charge in [0, 0.05) is 32.7 Å². The quantitative estimate of drug-likeness (QED) is 0.838. The molecule has 7 nitrogen and oxygen atoms in total. The Bertz CT molecular complexity index is 538. The number of hydrogen-bond acceptors (Lipinski definition) is 6. The van der Waals surface area contributed by atoms with E-state index in [-0.39, 0.29) is 17.9 Å². The summed E-state index contributed by atoms with van der Waals surface area (Å²) in [5.74, 6) is 0.588. The van der Waals surface area contributed by atoms with Gasteiger partial charge in [0.25, 0.3) is 5.91 Å². The van der Waals surface area contributed by atoms with E-state index in [1.807, 2.05) is 4.90 Å². The molecule has 0 aliphatic carbocycles. The van der Waals surface area contributed by atoms with E-state index in [0.717, 1.165) is 63.5 Å². The second-order valence-corrected chi connectivity index (χ2v) is 7.06. The Labute approximate surface area is 146 Å². The van der Waals surface area contributed by atoms with Crippen molar-refractivity contribution in [2.45, 2.75) is 44.6 Å². The molecule has 1 aromatic rings. The maximum absolute atomic E-state index is 12.2. The number of hydrogen-bond donors (Lipinski definition) is 1. The van der Waals surface area contributed by atoms with Gasteiger partial charge >= 0.3 is 0 Å². The van der Waals surface area contributed by atoms with Crippen molar-refractivity contribution in [1.82, 2.24) is 19.0 Å². The number of nitrogens with zero attached hydrogens (tertiary/aromatic N) is 3. The van der Waals surface area contributed by atoms with Crippen LogP contribution in [0.15, 0.2) is 6.20 Å². The van der Waals surface area contributed by atoms with Gasteiger partial charge in [-0.15, -0.1) is 0 Å². The van der Waals surface area contributed by atoms with E-state index >= 15 is 0 Å². The highest BCUT2D eigenvalue weighted by molar-refractivity contribution is 6.99. The summed E-state index contributed by atoms with van der Waals surface area (Å²) < 4.78 is 13.4. The van der Waals surface area contributed by atoms with Crippen molar-refractivity contribution in [1.29, 1.82) is 0 Å². The normalized spacial score (nSPS) is 21.8. The van der Waals surface area contributed by atoms with E-state index in [1.54, 1.807) is 0 Å². The van der Waals surface area contributed by atoms with Gasteiger partial charge in [-0.1, -0.05) is 0 Å². The molecule has 2 saturated heterocycles. The number of carbonyl (C=O) groups excluding carboxylic acids is 2. The van der Waals surface area contributed by atoms with Crippen LogP contribution >= 0.6 is 11.7 Å². The number of rotatable bonds is 6. The lowest BCUT2D eigenvalue weighted by Crippen LogP contribution is -2.39. The minimum atomic E-state index is -0.0310. The van der Waals surface area contributed by atoms with Crippen LogP contribution < -0.4 is 5.32 Å². The van der Waals surface area contributed by atoms with Crippen molar-refractivity contribution in [3.05, 3.63) is 11.9 Å². The summed E-state index contributed by atoms with van der Waals surface area (Å²) in [6, 6.07) is 0. The molecule has 2 amide bonds. The van der Waals surface area contributed by atoms with Crippen LogP contribution in [-0.4, -0.2) is 57.8 Å². The van der Waals surface area contributed by atoms with Crippen LogP contribution in [0.1, 0.15) is 49.0 Å².